The molecule has 0 aromatic carbocycles. The Kier molecular flexibility index (Phi) is 6.19. The predicted molar refractivity (Wildman–Crippen MR) is 91.9 cm³/mol. The molecule has 136 valence electrons. The van der Waals surface area contributed by atoms with Gasteiger partial charge in [0.15, 0.2) is 0 Å². The van der Waals surface area contributed by atoms with Crippen molar-refractivity contribution in [2.45, 2.75) is 25.0 Å². The molecule has 8 nitrogen and oxygen atoms in total. The first-order valence-corrected chi connectivity index (χ1v) is 8.76. The number of rotatable bonds is 5. The number of hydrogen-bond donors (Lipinski definition) is 3. The highest BCUT2D eigenvalue weighted by molar-refractivity contribution is 5.78. The lowest BCUT2D eigenvalue weighted by molar-refractivity contribution is -0.124. The van der Waals surface area contributed by atoms with Crippen LogP contribution in [0.4, 0.5) is 4.79 Å². The Labute approximate surface area is 147 Å². The van der Waals surface area contributed by atoms with Gasteiger partial charge in [-0.1, -0.05) is 6.07 Å². The summed E-state index contributed by atoms with van der Waals surface area (Å²) in [5.41, 5.74) is 0.901. The average molecular weight is 347 g/mol. The van der Waals surface area contributed by atoms with Crippen molar-refractivity contribution in [1.82, 2.24) is 25.8 Å². The third-order valence-electron chi connectivity index (χ3n) is 4.47. The van der Waals surface area contributed by atoms with Gasteiger partial charge in [0.1, 0.15) is 6.10 Å². The van der Waals surface area contributed by atoms with Gasteiger partial charge in [0.05, 0.1) is 12.2 Å². The highest BCUT2D eigenvalue weighted by atomic mass is 16.5. The fourth-order valence-corrected chi connectivity index (χ4v) is 3.15. The molecule has 2 aliphatic rings. The topological polar surface area (TPSA) is 95.6 Å². The molecule has 25 heavy (non-hydrogen) atoms. The molecule has 0 aliphatic carbocycles. The Morgan fingerprint density at radius 3 is 3.16 bits per heavy atom. The number of amides is 3. The summed E-state index contributed by atoms with van der Waals surface area (Å²) in [6.45, 7) is 3.68. The summed E-state index contributed by atoms with van der Waals surface area (Å²) in [5, 5.41) is 8.66. The van der Waals surface area contributed by atoms with Gasteiger partial charge in [0.25, 0.3) is 0 Å². The molecule has 3 amide bonds. The van der Waals surface area contributed by atoms with Gasteiger partial charge < -0.3 is 20.7 Å². The lowest BCUT2D eigenvalue weighted by Crippen LogP contribution is -2.51. The number of carbonyl (C=O) groups is 2. The Bertz CT molecular complexity index is 583. The zero-order valence-corrected chi connectivity index (χ0v) is 14.2. The Morgan fingerprint density at radius 2 is 2.36 bits per heavy atom. The summed E-state index contributed by atoms with van der Waals surface area (Å²) < 4.78 is 5.77. The van der Waals surface area contributed by atoms with Crippen molar-refractivity contribution in [1.29, 1.82) is 0 Å². The van der Waals surface area contributed by atoms with E-state index in [1.54, 1.807) is 6.20 Å². The summed E-state index contributed by atoms with van der Waals surface area (Å²) in [6, 6.07) is 5.66. The number of carbonyl (C=O) groups excluding carboxylic acids is 2. The average Bonchev–Trinajstić information content (AvgIpc) is 2.63. The maximum absolute atomic E-state index is 12.1. The SMILES string of the molecule is O=C1CN(CCNC(=O)N[C@@H]2CCO[C@@H](c3ccccn3)C2)CCN1. The van der Waals surface area contributed by atoms with Crippen molar-refractivity contribution >= 4 is 11.9 Å². The molecule has 0 bridgehead atoms. The smallest absolute Gasteiger partial charge is 0.315 e. The lowest BCUT2D eigenvalue weighted by Gasteiger charge is -2.30. The third kappa shape index (κ3) is 5.40. The molecule has 1 aromatic heterocycles. The Balaban J connectivity index is 1.38. The molecular formula is C17H25N5O3. The van der Waals surface area contributed by atoms with Crippen LogP contribution in [0.5, 0.6) is 0 Å². The highest BCUT2D eigenvalue weighted by Gasteiger charge is 2.25. The fourth-order valence-electron chi connectivity index (χ4n) is 3.15. The summed E-state index contributed by atoms with van der Waals surface area (Å²) in [4.78, 5) is 29.8. The number of ether oxygens (including phenoxy) is 1. The van der Waals surface area contributed by atoms with Crippen LogP contribution in [0.25, 0.3) is 0 Å². The molecule has 0 saturated carbocycles. The molecule has 3 heterocycles. The number of aromatic nitrogens is 1. The number of pyridine rings is 1. The highest BCUT2D eigenvalue weighted by Crippen LogP contribution is 2.26. The van der Waals surface area contributed by atoms with Gasteiger partial charge in [-0.15, -0.1) is 0 Å². The molecule has 2 aliphatic heterocycles. The van der Waals surface area contributed by atoms with Crippen LogP contribution in [0.15, 0.2) is 24.4 Å². The minimum atomic E-state index is -0.173. The van der Waals surface area contributed by atoms with E-state index in [4.69, 9.17) is 4.74 Å². The number of nitrogens with zero attached hydrogens (tertiary/aromatic N) is 2. The first-order valence-electron chi connectivity index (χ1n) is 8.76. The Morgan fingerprint density at radius 1 is 1.44 bits per heavy atom. The zero-order chi connectivity index (χ0) is 17.5. The predicted octanol–water partition coefficient (Wildman–Crippen LogP) is 0.0327. The van der Waals surface area contributed by atoms with E-state index in [2.05, 4.69) is 20.9 Å². The molecule has 3 N–H and O–H groups in total. The number of nitrogens with one attached hydrogen (secondary N) is 3. The van der Waals surface area contributed by atoms with E-state index in [1.807, 2.05) is 23.1 Å². The van der Waals surface area contributed by atoms with E-state index >= 15 is 0 Å². The summed E-state index contributed by atoms with van der Waals surface area (Å²) >= 11 is 0. The fraction of sp³-hybridized carbons (Fsp3) is 0.588. The van der Waals surface area contributed by atoms with Crippen LogP contribution in [-0.4, -0.2) is 67.2 Å². The molecule has 0 radical (unpaired) electrons. The van der Waals surface area contributed by atoms with Gasteiger partial charge in [-0.05, 0) is 25.0 Å². The maximum Gasteiger partial charge on any atom is 0.315 e. The minimum absolute atomic E-state index is 0.0403. The summed E-state index contributed by atoms with van der Waals surface area (Å²) in [7, 11) is 0. The molecule has 2 saturated heterocycles. The number of hydrogen-bond acceptors (Lipinski definition) is 5. The van der Waals surface area contributed by atoms with Crippen molar-refractivity contribution in [2.75, 3.05) is 39.3 Å². The first-order chi connectivity index (χ1) is 12.2. The lowest BCUT2D eigenvalue weighted by atomic mass is 10.0. The molecular weight excluding hydrogens is 322 g/mol. The largest absolute Gasteiger partial charge is 0.372 e. The van der Waals surface area contributed by atoms with E-state index in [0.29, 0.717) is 32.8 Å². The van der Waals surface area contributed by atoms with Gasteiger partial charge in [0, 0.05) is 45.0 Å². The molecule has 8 heteroatoms. The first kappa shape index (κ1) is 17.6. The van der Waals surface area contributed by atoms with Gasteiger partial charge in [-0.2, -0.15) is 0 Å². The van der Waals surface area contributed by atoms with Gasteiger partial charge in [0.2, 0.25) is 5.91 Å². The Hall–Kier alpha value is -2.19. The summed E-state index contributed by atoms with van der Waals surface area (Å²) in [6.07, 6.45) is 3.19. The van der Waals surface area contributed by atoms with Gasteiger partial charge in [-0.3, -0.25) is 14.7 Å². The second kappa shape index (κ2) is 8.77. The van der Waals surface area contributed by atoms with Crippen molar-refractivity contribution < 1.29 is 14.3 Å². The van der Waals surface area contributed by atoms with Crippen LogP contribution in [0.3, 0.4) is 0 Å². The maximum atomic E-state index is 12.1. The third-order valence-corrected chi connectivity index (χ3v) is 4.47. The van der Waals surface area contributed by atoms with E-state index in [1.165, 1.54) is 0 Å². The van der Waals surface area contributed by atoms with Gasteiger partial charge >= 0.3 is 6.03 Å². The molecule has 0 spiro atoms. The van der Waals surface area contributed by atoms with Gasteiger partial charge in [-0.25, -0.2) is 4.79 Å². The zero-order valence-electron chi connectivity index (χ0n) is 14.2. The van der Waals surface area contributed by atoms with Crippen LogP contribution >= 0.6 is 0 Å². The standard InChI is InChI=1S/C17H25N5O3/c23-16-12-22(8-6-19-16)9-7-20-17(24)21-13-4-10-25-15(11-13)14-3-1-2-5-18-14/h1-3,5,13,15H,4,6-12H2,(H,19,23)(H2,20,21,24)/t13-,15-/m1/s1. The van der Waals surface area contributed by atoms with Crippen LogP contribution in [0.1, 0.15) is 24.6 Å². The monoisotopic (exact) mass is 347 g/mol. The van der Waals surface area contributed by atoms with Crippen LogP contribution in [0, 0.1) is 0 Å². The van der Waals surface area contributed by atoms with Crippen LogP contribution in [-0.2, 0) is 9.53 Å². The summed E-state index contributed by atoms with van der Waals surface area (Å²) in [5.74, 6) is 0.0403. The van der Waals surface area contributed by atoms with E-state index in [9.17, 15) is 9.59 Å². The van der Waals surface area contributed by atoms with E-state index < -0.39 is 0 Å². The van der Waals surface area contributed by atoms with Crippen LogP contribution < -0.4 is 16.0 Å². The quantitative estimate of drug-likeness (QED) is 0.699. The molecule has 3 rings (SSSR count). The van der Waals surface area contributed by atoms with E-state index in [-0.39, 0.29) is 24.1 Å². The molecule has 1 aromatic rings. The normalized spacial score (nSPS) is 24.4. The van der Waals surface area contributed by atoms with Crippen molar-refractivity contribution in [3.05, 3.63) is 30.1 Å². The number of urea groups is 1. The minimum Gasteiger partial charge on any atom is -0.372 e. The second-order valence-corrected chi connectivity index (χ2v) is 6.36. The van der Waals surface area contributed by atoms with Crippen molar-refractivity contribution in [2.24, 2.45) is 0 Å². The second-order valence-electron chi connectivity index (χ2n) is 6.36. The van der Waals surface area contributed by atoms with E-state index in [0.717, 1.165) is 25.1 Å². The molecule has 2 fully saturated rings. The molecule has 0 unspecified atom stereocenters. The van der Waals surface area contributed by atoms with Crippen LogP contribution in [0.2, 0.25) is 0 Å². The van der Waals surface area contributed by atoms with Crippen molar-refractivity contribution in [3.8, 4) is 0 Å². The number of piperazine rings is 1. The van der Waals surface area contributed by atoms with Crippen molar-refractivity contribution in [3.63, 3.8) is 0 Å². The molecule has 2 atom stereocenters.